The third kappa shape index (κ3) is 4.28. The van der Waals surface area contributed by atoms with Crippen LogP contribution in [0.3, 0.4) is 0 Å². The lowest BCUT2D eigenvalue weighted by molar-refractivity contribution is 0.661. The third-order valence-corrected chi connectivity index (χ3v) is 12.8. The summed E-state index contributed by atoms with van der Waals surface area (Å²) in [6, 6.07) is 68.6. The molecule has 0 spiro atoms. The lowest BCUT2D eigenvalue weighted by atomic mass is 9.79. The Kier molecular flexibility index (Phi) is 6.21. The van der Waals surface area contributed by atoms with Crippen LogP contribution in [0.1, 0.15) is 25.0 Å². The van der Waals surface area contributed by atoms with Gasteiger partial charge in [0.2, 0.25) is 0 Å². The van der Waals surface area contributed by atoms with Crippen LogP contribution in [-0.2, 0) is 5.41 Å². The summed E-state index contributed by atoms with van der Waals surface area (Å²) in [6.07, 6.45) is 0. The van der Waals surface area contributed by atoms with E-state index in [1.54, 1.807) is 0 Å². The van der Waals surface area contributed by atoms with Crippen molar-refractivity contribution in [2.24, 2.45) is 0 Å². The van der Waals surface area contributed by atoms with E-state index in [2.05, 4.69) is 196 Å². The van der Waals surface area contributed by atoms with Gasteiger partial charge in [-0.1, -0.05) is 172 Å². The predicted octanol–water partition coefficient (Wildman–Crippen LogP) is 15.4. The summed E-state index contributed by atoms with van der Waals surface area (Å²) in [5, 5.41) is 15.5. The Labute approximate surface area is 320 Å². The highest BCUT2D eigenvalue weighted by atomic mass is 14.4. The molecule has 11 aromatic carbocycles. The van der Waals surface area contributed by atoms with Gasteiger partial charge in [0.25, 0.3) is 0 Å². The lowest BCUT2D eigenvalue weighted by Crippen LogP contribution is -2.15. The number of hydrogen-bond donors (Lipinski definition) is 0. The molecule has 0 bridgehead atoms. The Balaban J connectivity index is 1.22. The van der Waals surface area contributed by atoms with Gasteiger partial charge in [0, 0.05) is 5.41 Å². The average Bonchev–Trinajstić information content (AvgIpc) is 3.47. The molecule has 0 aromatic heterocycles. The largest absolute Gasteiger partial charge is 0.0619 e. The van der Waals surface area contributed by atoms with E-state index in [4.69, 9.17) is 0 Å². The van der Waals surface area contributed by atoms with E-state index < -0.39 is 0 Å². The molecule has 256 valence electrons. The maximum Gasteiger partial charge on any atom is 0.0159 e. The van der Waals surface area contributed by atoms with E-state index in [0.29, 0.717) is 0 Å². The zero-order valence-corrected chi connectivity index (χ0v) is 30.8. The van der Waals surface area contributed by atoms with Crippen molar-refractivity contribution < 1.29 is 0 Å². The zero-order valence-electron chi connectivity index (χ0n) is 30.8. The van der Waals surface area contributed by atoms with Crippen molar-refractivity contribution in [1.29, 1.82) is 0 Å². The van der Waals surface area contributed by atoms with Crippen LogP contribution in [0.5, 0.6) is 0 Å². The third-order valence-electron chi connectivity index (χ3n) is 12.8. The predicted molar refractivity (Wildman–Crippen MR) is 237 cm³/mol. The van der Waals surface area contributed by atoms with Gasteiger partial charge >= 0.3 is 0 Å². The van der Waals surface area contributed by atoms with Gasteiger partial charge in [0.1, 0.15) is 0 Å². The summed E-state index contributed by atoms with van der Waals surface area (Å²) in [5.41, 5.74) is 13.0. The SMILES string of the molecule is CC1(C)c2ccccc2-c2c1cc(-c1cc(-c3ccc4ccccc4c3)c3ccc4ccc(-c5ccc6ccccc6c5)c5ccc1c3c45)c1ccccc21. The van der Waals surface area contributed by atoms with Gasteiger partial charge < -0.3 is 0 Å². The minimum absolute atomic E-state index is 0.121. The van der Waals surface area contributed by atoms with Crippen LogP contribution >= 0.6 is 0 Å². The molecule has 0 nitrogen and oxygen atoms in total. The first-order valence-corrected chi connectivity index (χ1v) is 19.4. The van der Waals surface area contributed by atoms with E-state index in [0.717, 1.165) is 0 Å². The summed E-state index contributed by atoms with van der Waals surface area (Å²) in [5.74, 6) is 0. The van der Waals surface area contributed by atoms with Crippen LogP contribution in [0.4, 0.5) is 0 Å². The van der Waals surface area contributed by atoms with E-state index in [9.17, 15) is 0 Å². The van der Waals surface area contributed by atoms with E-state index >= 15 is 0 Å². The standard InChI is InChI=1S/C55H36/c1-55(2)50-18-10-9-17-46(50)53-42-16-8-7-15-41(42)49(32-51(53)55)48-31-47(39-22-20-34-12-4-6-14-37(34)30-39)44-26-24-35-23-25-40(43-27-28-45(48)54(44)52(35)43)38-21-19-33-11-3-5-13-36(33)29-38/h3-32H,1-2H3. The zero-order chi connectivity index (χ0) is 36.4. The second kappa shape index (κ2) is 11.1. The fourth-order valence-corrected chi connectivity index (χ4v) is 10.1. The monoisotopic (exact) mass is 696 g/mol. The van der Waals surface area contributed by atoms with Crippen molar-refractivity contribution in [3.05, 3.63) is 193 Å². The summed E-state index contributed by atoms with van der Waals surface area (Å²) in [6.45, 7) is 4.80. The van der Waals surface area contributed by atoms with Gasteiger partial charge in [-0.2, -0.15) is 0 Å². The van der Waals surface area contributed by atoms with Gasteiger partial charge in [0.15, 0.2) is 0 Å². The van der Waals surface area contributed by atoms with Crippen LogP contribution in [0.2, 0.25) is 0 Å². The maximum absolute atomic E-state index is 2.54. The van der Waals surface area contributed by atoms with Crippen LogP contribution in [-0.4, -0.2) is 0 Å². The molecule has 0 saturated heterocycles. The summed E-state index contributed by atoms with van der Waals surface area (Å²) >= 11 is 0. The second-order valence-electron chi connectivity index (χ2n) is 16.0. The minimum Gasteiger partial charge on any atom is -0.0619 e. The van der Waals surface area contributed by atoms with Crippen molar-refractivity contribution in [1.82, 2.24) is 0 Å². The number of hydrogen-bond acceptors (Lipinski definition) is 0. The summed E-state index contributed by atoms with van der Waals surface area (Å²) in [7, 11) is 0. The Bertz CT molecular complexity index is 3390. The Morgan fingerprint density at radius 2 is 0.818 bits per heavy atom. The molecule has 11 aromatic rings. The molecular weight excluding hydrogens is 661 g/mol. The van der Waals surface area contributed by atoms with Crippen molar-refractivity contribution in [2.75, 3.05) is 0 Å². The quantitative estimate of drug-likeness (QED) is 0.161. The molecule has 0 atom stereocenters. The average molecular weight is 697 g/mol. The second-order valence-corrected chi connectivity index (χ2v) is 16.0. The smallest absolute Gasteiger partial charge is 0.0159 e. The Hall–Kier alpha value is -6.76. The van der Waals surface area contributed by atoms with E-state index in [-0.39, 0.29) is 5.41 Å². The first-order valence-electron chi connectivity index (χ1n) is 19.4. The van der Waals surface area contributed by atoms with Crippen molar-refractivity contribution in [3.63, 3.8) is 0 Å². The molecule has 55 heavy (non-hydrogen) atoms. The fourth-order valence-electron chi connectivity index (χ4n) is 10.1. The molecule has 0 saturated carbocycles. The topological polar surface area (TPSA) is 0 Å². The van der Waals surface area contributed by atoms with Crippen molar-refractivity contribution in [2.45, 2.75) is 19.3 Å². The molecule has 0 unspecified atom stereocenters. The highest BCUT2D eigenvalue weighted by Crippen LogP contribution is 2.54. The number of benzene rings is 11. The van der Waals surface area contributed by atoms with Crippen LogP contribution in [0.25, 0.3) is 109 Å². The summed E-state index contributed by atoms with van der Waals surface area (Å²) < 4.78 is 0. The first kappa shape index (κ1) is 30.7. The van der Waals surface area contributed by atoms with Crippen LogP contribution < -0.4 is 0 Å². The first-order chi connectivity index (χ1) is 27.0. The fraction of sp³-hybridized carbons (Fsp3) is 0.0545. The Morgan fingerprint density at radius 1 is 0.291 bits per heavy atom. The molecule has 0 N–H and O–H groups in total. The van der Waals surface area contributed by atoms with Gasteiger partial charge in [-0.15, -0.1) is 0 Å². The molecule has 12 rings (SSSR count). The van der Waals surface area contributed by atoms with Crippen LogP contribution in [0, 0.1) is 0 Å². The van der Waals surface area contributed by atoms with Crippen molar-refractivity contribution in [3.8, 4) is 44.5 Å². The molecule has 1 aliphatic carbocycles. The van der Waals surface area contributed by atoms with Gasteiger partial charge in [-0.25, -0.2) is 0 Å². The molecule has 0 heterocycles. The van der Waals surface area contributed by atoms with Gasteiger partial charge in [-0.3, -0.25) is 0 Å². The Morgan fingerprint density at radius 3 is 1.56 bits per heavy atom. The normalized spacial score (nSPS) is 13.4. The molecule has 1 aliphatic rings. The van der Waals surface area contributed by atoms with Crippen molar-refractivity contribution >= 4 is 64.6 Å². The highest BCUT2D eigenvalue weighted by molar-refractivity contribution is 6.31. The molecule has 0 fully saturated rings. The van der Waals surface area contributed by atoms with Crippen LogP contribution in [0.15, 0.2) is 182 Å². The molecule has 0 radical (unpaired) electrons. The van der Waals surface area contributed by atoms with E-state index in [1.165, 1.54) is 120 Å². The lowest BCUT2D eigenvalue weighted by Gasteiger charge is -2.24. The number of fused-ring (bicyclic) bond motifs is 7. The molecule has 0 aliphatic heterocycles. The molecular formula is C55H36. The maximum atomic E-state index is 2.54. The molecule has 0 heteroatoms. The molecule has 0 amide bonds. The van der Waals surface area contributed by atoms with Gasteiger partial charge in [-0.05, 0) is 145 Å². The minimum atomic E-state index is -0.121. The van der Waals surface area contributed by atoms with Gasteiger partial charge in [0.05, 0.1) is 0 Å². The van der Waals surface area contributed by atoms with E-state index in [1.807, 2.05) is 0 Å². The number of rotatable bonds is 3. The highest BCUT2D eigenvalue weighted by Gasteiger charge is 2.37. The summed E-state index contributed by atoms with van der Waals surface area (Å²) in [4.78, 5) is 0.